The molecule has 0 bridgehead atoms. The van der Waals surface area contributed by atoms with Gasteiger partial charge in [0.2, 0.25) is 0 Å². The Balaban J connectivity index is 0.000000494. The van der Waals surface area contributed by atoms with Gasteiger partial charge >= 0.3 is 11.9 Å². The monoisotopic (exact) mass is 254 g/mol. The first-order chi connectivity index (χ1) is 8.45. The zero-order valence-electron chi connectivity index (χ0n) is 10.5. The van der Waals surface area contributed by atoms with Crippen LogP contribution in [0.1, 0.15) is 46.0 Å². The van der Waals surface area contributed by atoms with Crippen LogP contribution in [-0.4, -0.2) is 33.9 Å². The Morgan fingerprint density at radius 2 is 1.56 bits per heavy atom. The SMILES string of the molecule is CCCCO.Cc1c(C(=O)O)cccc1C(=O)O. The van der Waals surface area contributed by atoms with Gasteiger partial charge in [-0.15, -0.1) is 0 Å². The van der Waals surface area contributed by atoms with Gasteiger partial charge < -0.3 is 15.3 Å². The highest BCUT2D eigenvalue weighted by Crippen LogP contribution is 2.13. The summed E-state index contributed by atoms with van der Waals surface area (Å²) < 4.78 is 0. The van der Waals surface area contributed by atoms with Gasteiger partial charge in [-0.3, -0.25) is 0 Å². The predicted molar refractivity (Wildman–Crippen MR) is 67.1 cm³/mol. The lowest BCUT2D eigenvalue weighted by atomic mass is 10.0. The van der Waals surface area contributed by atoms with Crippen LogP contribution < -0.4 is 0 Å². The lowest BCUT2D eigenvalue weighted by Gasteiger charge is -2.03. The van der Waals surface area contributed by atoms with Crippen molar-refractivity contribution in [2.75, 3.05) is 6.61 Å². The summed E-state index contributed by atoms with van der Waals surface area (Å²) in [6.45, 7) is 3.87. The van der Waals surface area contributed by atoms with Crippen molar-refractivity contribution in [1.29, 1.82) is 0 Å². The molecule has 1 aromatic carbocycles. The van der Waals surface area contributed by atoms with Gasteiger partial charge in [0.15, 0.2) is 0 Å². The normalized spacial score (nSPS) is 9.28. The molecule has 0 spiro atoms. The number of rotatable bonds is 4. The molecule has 0 aromatic heterocycles. The molecule has 0 aliphatic rings. The maximum Gasteiger partial charge on any atom is 0.335 e. The zero-order chi connectivity index (χ0) is 14.1. The van der Waals surface area contributed by atoms with Gasteiger partial charge in [0, 0.05) is 6.61 Å². The summed E-state index contributed by atoms with van der Waals surface area (Å²) in [6, 6.07) is 4.17. The van der Waals surface area contributed by atoms with Crippen LogP contribution in [0.4, 0.5) is 0 Å². The third-order valence-corrected chi connectivity index (χ3v) is 2.31. The quantitative estimate of drug-likeness (QED) is 0.765. The molecule has 18 heavy (non-hydrogen) atoms. The number of hydrogen-bond donors (Lipinski definition) is 3. The Morgan fingerprint density at radius 1 is 1.11 bits per heavy atom. The highest BCUT2D eigenvalue weighted by molar-refractivity contribution is 5.96. The highest BCUT2D eigenvalue weighted by Gasteiger charge is 2.13. The Labute approximate surface area is 106 Å². The van der Waals surface area contributed by atoms with E-state index >= 15 is 0 Å². The van der Waals surface area contributed by atoms with Gasteiger partial charge in [-0.1, -0.05) is 19.4 Å². The number of aromatic carboxylic acids is 2. The molecule has 0 saturated carbocycles. The van der Waals surface area contributed by atoms with Crippen molar-refractivity contribution in [2.45, 2.75) is 26.7 Å². The van der Waals surface area contributed by atoms with Crippen LogP contribution in [0.25, 0.3) is 0 Å². The van der Waals surface area contributed by atoms with Crippen molar-refractivity contribution in [3.05, 3.63) is 34.9 Å². The van der Waals surface area contributed by atoms with Crippen LogP contribution in [0.15, 0.2) is 18.2 Å². The van der Waals surface area contributed by atoms with Gasteiger partial charge in [0.1, 0.15) is 0 Å². The minimum absolute atomic E-state index is 0.0277. The summed E-state index contributed by atoms with van der Waals surface area (Å²) in [6.07, 6.45) is 2.04. The van der Waals surface area contributed by atoms with Crippen molar-refractivity contribution in [3.63, 3.8) is 0 Å². The van der Waals surface area contributed by atoms with Crippen LogP contribution in [-0.2, 0) is 0 Å². The lowest BCUT2D eigenvalue weighted by molar-refractivity contribution is 0.0696. The fourth-order valence-corrected chi connectivity index (χ4v) is 1.26. The van der Waals surface area contributed by atoms with Crippen molar-refractivity contribution in [3.8, 4) is 0 Å². The van der Waals surface area contributed by atoms with Crippen molar-refractivity contribution >= 4 is 11.9 Å². The molecule has 0 heterocycles. The summed E-state index contributed by atoms with van der Waals surface area (Å²) in [5, 5.41) is 25.4. The summed E-state index contributed by atoms with van der Waals surface area (Å²) >= 11 is 0. The van der Waals surface area contributed by atoms with Gasteiger partial charge in [-0.25, -0.2) is 9.59 Å². The zero-order valence-corrected chi connectivity index (χ0v) is 10.5. The molecule has 0 atom stereocenters. The molecule has 5 heteroatoms. The van der Waals surface area contributed by atoms with E-state index in [-0.39, 0.29) is 16.7 Å². The average Bonchev–Trinajstić information content (AvgIpc) is 2.30. The molecule has 100 valence electrons. The topological polar surface area (TPSA) is 94.8 Å². The summed E-state index contributed by atoms with van der Waals surface area (Å²) in [4.78, 5) is 21.2. The Bertz CT molecular complexity index is 378. The van der Waals surface area contributed by atoms with E-state index in [1.165, 1.54) is 25.1 Å². The molecular weight excluding hydrogens is 236 g/mol. The van der Waals surface area contributed by atoms with E-state index in [9.17, 15) is 9.59 Å². The number of benzene rings is 1. The largest absolute Gasteiger partial charge is 0.478 e. The minimum Gasteiger partial charge on any atom is -0.478 e. The second kappa shape index (κ2) is 8.25. The van der Waals surface area contributed by atoms with Crippen LogP contribution >= 0.6 is 0 Å². The standard InChI is InChI=1S/C9H8O4.C4H10O/c1-5-6(8(10)11)3-2-4-7(5)9(12)13;1-2-3-4-5/h2-4H,1H3,(H,10,11)(H,12,13);5H,2-4H2,1H3. The number of unbranched alkanes of at least 4 members (excludes halogenated alkanes) is 1. The first-order valence-electron chi connectivity index (χ1n) is 5.62. The van der Waals surface area contributed by atoms with Crippen LogP contribution in [0, 0.1) is 6.92 Å². The maximum atomic E-state index is 10.6. The van der Waals surface area contributed by atoms with Crippen LogP contribution in [0.5, 0.6) is 0 Å². The summed E-state index contributed by atoms with van der Waals surface area (Å²) in [5.41, 5.74) is 0.335. The van der Waals surface area contributed by atoms with Crippen LogP contribution in [0.3, 0.4) is 0 Å². The molecule has 0 radical (unpaired) electrons. The molecule has 0 fully saturated rings. The van der Waals surface area contributed by atoms with E-state index < -0.39 is 11.9 Å². The molecule has 3 N–H and O–H groups in total. The maximum absolute atomic E-state index is 10.6. The van der Waals surface area contributed by atoms with Gasteiger partial charge in [0.05, 0.1) is 11.1 Å². The fourth-order valence-electron chi connectivity index (χ4n) is 1.26. The molecule has 0 unspecified atom stereocenters. The molecular formula is C13H18O5. The molecule has 0 amide bonds. The van der Waals surface area contributed by atoms with E-state index in [2.05, 4.69) is 6.92 Å². The fraction of sp³-hybridized carbons (Fsp3) is 0.385. The number of carboxylic acids is 2. The second-order valence-electron chi connectivity index (χ2n) is 3.67. The molecule has 5 nitrogen and oxygen atoms in total. The van der Waals surface area contributed by atoms with E-state index in [4.69, 9.17) is 15.3 Å². The van der Waals surface area contributed by atoms with Crippen LogP contribution in [0.2, 0.25) is 0 Å². The van der Waals surface area contributed by atoms with E-state index in [1.807, 2.05) is 0 Å². The first-order valence-corrected chi connectivity index (χ1v) is 5.62. The molecule has 0 saturated heterocycles. The van der Waals surface area contributed by atoms with E-state index in [1.54, 1.807) is 0 Å². The summed E-state index contributed by atoms with van der Waals surface area (Å²) in [7, 11) is 0. The number of carboxylic acid groups (broad SMARTS) is 2. The molecule has 0 aliphatic heterocycles. The second-order valence-corrected chi connectivity index (χ2v) is 3.67. The molecule has 0 aliphatic carbocycles. The smallest absolute Gasteiger partial charge is 0.335 e. The third-order valence-electron chi connectivity index (χ3n) is 2.31. The first kappa shape index (κ1) is 16.1. The molecule has 1 aromatic rings. The number of aliphatic hydroxyl groups is 1. The number of aliphatic hydroxyl groups excluding tert-OH is 1. The number of carbonyl (C=O) groups is 2. The Kier molecular flexibility index (Phi) is 7.38. The Morgan fingerprint density at radius 3 is 1.78 bits per heavy atom. The Hall–Kier alpha value is -1.88. The van der Waals surface area contributed by atoms with Crippen molar-refractivity contribution < 1.29 is 24.9 Å². The van der Waals surface area contributed by atoms with Gasteiger partial charge in [0.25, 0.3) is 0 Å². The van der Waals surface area contributed by atoms with E-state index in [0.29, 0.717) is 6.61 Å². The van der Waals surface area contributed by atoms with Crippen molar-refractivity contribution in [2.24, 2.45) is 0 Å². The van der Waals surface area contributed by atoms with Gasteiger partial charge in [-0.05, 0) is 31.0 Å². The predicted octanol–water partition coefficient (Wildman–Crippen LogP) is 2.17. The van der Waals surface area contributed by atoms with Crippen molar-refractivity contribution in [1.82, 2.24) is 0 Å². The minimum atomic E-state index is -1.11. The lowest BCUT2D eigenvalue weighted by Crippen LogP contribution is -2.06. The third kappa shape index (κ3) is 4.97. The average molecular weight is 254 g/mol. The summed E-state index contributed by atoms with van der Waals surface area (Å²) in [5.74, 6) is -2.22. The number of hydrogen-bond acceptors (Lipinski definition) is 3. The highest BCUT2D eigenvalue weighted by atomic mass is 16.4. The van der Waals surface area contributed by atoms with Gasteiger partial charge in [-0.2, -0.15) is 0 Å². The molecule has 1 rings (SSSR count). The van der Waals surface area contributed by atoms with E-state index in [0.717, 1.165) is 12.8 Å².